The lowest BCUT2D eigenvalue weighted by molar-refractivity contribution is 0.0931. The Bertz CT molecular complexity index is 676. The zero-order valence-electron chi connectivity index (χ0n) is 12.1. The normalized spacial score (nSPS) is 15.8. The molecular formula is C16H18FN3O. The van der Waals surface area contributed by atoms with Gasteiger partial charge in [0.05, 0.1) is 17.8 Å². The van der Waals surface area contributed by atoms with Gasteiger partial charge in [0, 0.05) is 5.69 Å². The summed E-state index contributed by atoms with van der Waals surface area (Å²) in [6.07, 6.45) is 3.71. The van der Waals surface area contributed by atoms with E-state index in [0.717, 1.165) is 24.1 Å². The van der Waals surface area contributed by atoms with E-state index in [4.69, 9.17) is 0 Å². The van der Waals surface area contributed by atoms with Gasteiger partial charge < -0.3 is 5.32 Å². The number of rotatable bonds is 4. The molecule has 1 aromatic heterocycles. The number of halogens is 1. The number of aromatic nitrogens is 2. The Morgan fingerprint density at radius 1 is 1.43 bits per heavy atom. The smallest absolute Gasteiger partial charge is 0.255 e. The standard InChI is InChI=1S/C16H18FN3O/c1-9-7-12(5-6-14(9)17)15(11-3-4-11)19-16(21)13-8-18-20-10(13)2/h5-8,11,15H,3-4H2,1-2H3,(H,18,20)(H,19,21). The number of aromatic amines is 1. The molecule has 21 heavy (non-hydrogen) atoms. The van der Waals surface area contributed by atoms with E-state index in [1.54, 1.807) is 13.0 Å². The number of benzene rings is 1. The summed E-state index contributed by atoms with van der Waals surface area (Å²) in [4.78, 5) is 12.3. The molecule has 1 aromatic carbocycles. The largest absolute Gasteiger partial charge is 0.345 e. The molecule has 110 valence electrons. The van der Waals surface area contributed by atoms with Crippen molar-refractivity contribution in [2.24, 2.45) is 5.92 Å². The van der Waals surface area contributed by atoms with Crippen LogP contribution in [0.5, 0.6) is 0 Å². The molecule has 1 fully saturated rings. The van der Waals surface area contributed by atoms with Gasteiger partial charge in [0.25, 0.3) is 5.91 Å². The molecule has 1 heterocycles. The van der Waals surface area contributed by atoms with Crippen LogP contribution in [0.25, 0.3) is 0 Å². The lowest BCUT2D eigenvalue weighted by Crippen LogP contribution is -2.30. The SMILES string of the molecule is Cc1cc(C(NC(=O)c2cn[nH]c2C)C2CC2)ccc1F. The second kappa shape index (κ2) is 5.31. The molecule has 1 aliphatic rings. The van der Waals surface area contributed by atoms with E-state index in [9.17, 15) is 9.18 Å². The van der Waals surface area contributed by atoms with Crippen molar-refractivity contribution in [2.45, 2.75) is 32.7 Å². The molecule has 1 unspecified atom stereocenters. The third-order valence-corrected chi connectivity index (χ3v) is 4.00. The van der Waals surface area contributed by atoms with E-state index >= 15 is 0 Å². The van der Waals surface area contributed by atoms with Crippen molar-refractivity contribution in [2.75, 3.05) is 0 Å². The fourth-order valence-electron chi connectivity index (χ4n) is 2.56. The van der Waals surface area contributed by atoms with Gasteiger partial charge >= 0.3 is 0 Å². The quantitative estimate of drug-likeness (QED) is 0.908. The molecule has 4 nitrogen and oxygen atoms in total. The Balaban J connectivity index is 1.84. The fourth-order valence-corrected chi connectivity index (χ4v) is 2.56. The molecule has 2 N–H and O–H groups in total. The van der Waals surface area contributed by atoms with Crippen LogP contribution in [0.2, 0.25) is 0 Å². The van der Waals surface area contributed by atoms with Crippen LogP contribution in [0, 0.1) is 25.6 Å². The van der Waals surface area contributed by atoms with Crippen molar-refractivity contribution < 1.29 is 9.18 Å². The van der Waals surface area contributed by atoms with Crippen molar-refractivity contribution >= 4 is 5.91 Å². The number of carbonyl (C=O) groups excluding carboxylic acids is 1. The number of nitrogens with zero attached hydrogens (tertiary/aromatic N) is 1. The van der Waals surface area contributed by atoms with Crippen molar-refractivity contribution in [1.82, 2.24) is 15.5 Å². The first-order valence-corrected chi connectivity index (χ1v) is 7.13. The molecule has 2 aromatic rings. The van der Waals surface area contributed by atoms with Gasteiger partial charge in [0.2, 0.25) is 0 Å². The number of hydrogen-bond donors (Lipinski definition) is 2. The van der Waals surface area contributed by atoms with E-state index in [2.05, 4.69) is 15.5 Å². The molecule has 1 saturated carbocycles. The van der Waals surface area contributed by atoms with Gasteiger partial charge in [-0.2, -0.15) is 5.10 Å². The third-order valence-electron chi connectivity index (χ3n) is 4.00. The first-order valence-electron chi connectivity index (χ1n) is 7.13. The fraction of sp³-hybridized carbons (Fsp3) is 0.375. The van der Waals surface area contributed by atoms with E-state index in [0.29, 0.717) is 17.0 Å². The third kappa shape index (κ3) is 2.82. The van der Waals surface area contributed by atoms with Crippen LogP contribution in [0.3, 0.4) is 0 Å². The van der Waals surface area contributed by atoms with Crippen LogP contribution in [-0.4, -0.2) is 16.1 Å². The summed E-state index contributed by atoms with van der Waals surface area (Å²) < 4.78 is 13.4. The molecule has 3 rings (SSSR count). The van der Waals surface area contributed by atoms with Gasteiger partial charge in [-0.15, -0.1) is 0 Å². The lowest BCUT2D eigenvalue weighted by atomic mass is 9.99. The Kier molecular flexibility index (Phi) is 3.49. The van der Waals surface area contributed by atoms with Crippen LogP contribution in [-0.2, 0) is 0 Å². The van der Waals surface area contributed by atoms with Gasteiger partial charge in [0.15, 0.2) is 0 Å². The molecular weight excluding hydrogens is 269 g/mol. The highest BCUT2D eigenvalue weighted by Crippen LogP contribution is 2.41. The van der Waals surface area contributed by atoms with Crippen LogP contribution in [0.1, 0.15) is 46.1 Å². The predicted octanol–water partition coefficient (Wildman–Crippen LogP) is 3.05. The molecule has 1 aliphatic carbocycles. The molecule has 0 bridgehead atoms. The zero-order chi connectivity index (χ0) is 15.0. The second-order valence-electron chi connectivity index (χ2n) is 5.71. The van der Waals surface area contributed by atoms with Crippen LogP contribution >= 0.6 is 0 Å². The van der Waals surface area contributed by atoms with Crippen molar-refractivity contribution in [1.29, 1.82) is 0 Å². The molecule has 0 spiro atoms. The maximum atomic E-state index is 13.4. The number of aryl methyl sites for hydroxylation is 2. The summed E-state index contributed by atoms with van der Waals surface area (Å²) >= 11 is 0. The first-order chi connectivity index (χ1) is 10.1. The summed E-state index contributed by atoms with van der Waals surface area (Å²) in [5.41, 5.74) is 2.87. The van der Waals surface area contributed by atoms with Gasteiger partial charge in [-0.05, 0) is 49.8 Å². The highest BCUT2D eigenvalue weighted by molar-refractivity contribution is 5.95. The summed E-state index contributed by atoms with van der Waals surface area (Å²) in [6.45, 7) is 3.56. The average molecular weight is 287 g/mol. The second-order valence-corrected chi connectivity index (χ2v) is 5.71. The molecule has 0 saturated heterocycles. The van der Waals surface area contributed by atoms with Gasteiger partial charge in [-0.1, -0.05) is 12.1 Å². The Hall–Kier alpha value is -2.17. The molecule has 0 radical (unpaired) electrons. The van der Waals surface area contributed by atoms with Crippen LogP contribution in [0.4, 0.5) is 4.39 Å². The number of nitrogens with one attached hydrogen (secondary N) is 2. The molecule has 1 atom stereocenters. The minimum atomic E-state index is -0.217. The van der Waals surface area contributed by atoms with Gasteiger partial charge in [0.1, 0.15) is 5.82 Å². The Morgan fingerprint density at radius 2 is 2.19 bits per heavy atom. The average Bonchev–Trinajstić information content (AvgIpc) is 3.20. The van der Waals surface area contributed by atoms with Crippen LogP contribution < -0.4 is 5.32 Å². The summed E-state index contributed by atoms with van der Waals surface area (Å²) in [7, 11) is 0. The van der Waals surface area contributed by atoms with Crippen molar-refractivity contribution in [3.8, 4) is 0 Å². The monoisotopic (exact) mass is 287 g/mol. The number of amides is 1. The summed E-state index contributed by atoms with van der Waals surface area (Å²) in [6, 6.07) is 4.98. The Morgan fingerprint density at radius 3 is 2.76 bits per heavy atom. The molecule has 0 aliphatic heterocycles. The topological polar surface area (TPSA) is 57.8 Å². The summed E-state index contributed by atoms with van der Waals surface area (Å²) in [5, 5.41) is 9.70. The Labute approximate surface area is 122 Å². The lowest BCUT2D eigenvalue weighted by Gasteiger charge is -2.19. The van der Waals surface area contributed by atoms with Crippen molar-refractivity contribution in [3.63, 3.8) is 0 Å². The minimum absolute atomic E-state index is 0.0638. The highest BCUT2D eigenvalue weighted by Gasteiger charge is 2.34. The van der Waals surface area contributed by atoms with Crippen molar-refractivity contribution in [3.05, 3.63) is 52.6 Å². The van der Waals surface area contributed by atoms with E-state index in [1.807, 2.05) is 13.0 Å². The van der Waals surface area contributed by atoms with Gasteiger partial charge in [-0.3, -0.25) is 9.89 Å². The van der Waals surface area contributed by atoms with Gasteiger partial charge in [-0.25, -0.2) is 4.39 Å². The van der Waals surface area contributed by atoms with Crippen LogP contribution in [0.15, 0.2) is 24.4 Å². The molecule has 5 heteroatoms. The highest BCUT2D eigenvalue weighted by atomic mass is 19.1. The first kappa shape index (κ1) is 13.8. The number of carbonyl (C=O) groups is 1. The minimum Gasteiger partial charge on any atom is -0.345 e. The van der Waals surface area contributed by atoms with E-state index in [1.165, 1.54) is 12.3 Å². The maximum Gasteiger partial charge on any atom is 0.255 e. The number of H-pyrrole nitrogens is 1. The zero-order valence-corrected chi connectivity index (χ0v) is 12.1. The number of hydrogen-bond acceptors (Lipinski definition) is 2. The van der Waals surface area contributed by atoms with E-state index in [-0.39, 0.29) is 17.8 Å². The summed E-state index contributed by atoms with van der Waals surface area (Å²) in [5.74, 6) is 0.0800. The predicted molar refractivity (Wildman–Crippen MR) is 77.4 cm³/mol. The van der Waals surface area contributed by atoms with E-state index < -0.39 is 0 Å². The maximum absolute atomic E-state index is 13.4. The molecule has 1 amide bonds.